The zero-order valence-corrected chi connectivity index (χ0v) is 12.1. The summed E-state index contributed by atoms with van der Waals surface area (Å²) in [6.07, 6.45) is 1.34. The van der Waals surface area contributed by atoms with Crippen LogP contribution in [-0.4, -0.2) is 30.5 Å². The largest absolute Gasteiger partial charge is 0.873 e. The lowest BCUT2D eigenvalue weighted by Gasteiger charge is -2.21. The molecular formula is C12H12BrO6-. The highest BCUT2D eigenvalue weighted by molar-refractivity contribution is 9.10. The van der Waals surface area contributed by atoms with Crippen molar-refractivity contribution in [1.29, 1.82) is 0 Å². The third-order valence-corrected chi connectivity index (χ3v) is 4.53. The van der Waals surface area contributed by atoms with Crippen LogP contribution in [-0.2, 0) is 23.8 Å². The number of esters is 2. The van der Waals surface area contributed by atoms with Crippen molar-refractivity contribution in [2.24, 2.45) is 11.8 Å². The first kappa shape index (κ1) is 13.9. The van der Waals surface area contributed by atoms with Gasteiger partial charge in [-0.05, 0) is 0 Å². The Balaban J connectivity index is 2.40. The van der Waals surface area contributed by atoms with Crippen LogP contribution in [0.15, 0.2) is 23.4 Å². The van der Waals surface area contributed by atoms with Gasteiger partial charge in [-0.25, -0.2) is 0 Å². The zero-order valence-electron chi connectivity index (χ0n) is 10.6. The van der Waals surface area contributed by atoms with Gasteiger partial charge in [0.2, 0.25) is 0 Å². The molecule has 104 valence electrons. The van der Waals surface area contributed by atoms with Gasteiger partial charge in [-0.1, -0.05) is 21.7 Å². The zero-order chi connectivity index (χ0) is 14.4. The molecule has 0 N–H and O–H groups in total. The first-order valence-corrected chi connectivity index (χ1v) is 6.29. The number of carbonyl (C=O) groups excluding carboxylic acids is 2. The number of allylic oxidation sites excluding steroid dienone is 3. The Kier molecular flexibility index (Phi) is 3.34. The van der Waals surface area contributed by atoms with Crippen molar-refractivity contribution in [3.8, 4) is 0 Å². The summed E-state index contributed by atoms with van der Waals surface area (Å²) in [4.78, 5) is 22.7. The maximum absolute atomic E-state index is 12.1. The number of fused-ring (bicyclic) bond motifs is 1. The average Bonchev–Trinajstić information content (AvgIpc) is 3.00. The second kappa shape index (κ2) is 4.56. The smallest absolute Gasteiger partial charge is 0.323 e. The molecule has 19 heavy (non-hydrogen) atoms. The van der Waals surface area contributed by atoms with E-state index in [-0.39, 0.29) is 5.76 Å². The summed E-state index contributed by atoms with van der Waals surface area (Å²) in [5.74, 6) is -2.39. The van der Waals surface area contributed by atoms with E-state index < -0.39 is 33.9 Å². The predicted molar refractivity (Wildman–Crippen MR) is 64.5 cm³/mol. The first-order valence-electron chi connectivity index (χ1n) is 5.50. The summed E-state index contributed by atoms with van der Waals surface area (Å²) in [7, 11) is 2.67. The van der Waals surface area contributed by atoms with E-state index in [2.05, 4.69) is 20.7 Å². The molecule has 0 aliphatic heterocycles. The lowest BCUT2D eigenvalue weighted by molar-refractivity contribution is -0.315. The SMILES string of the molecule is COC(=O)[C@]1(Br)[C@@H]2C(OC)=CC(OC(C)=O)=C([O-])[C@@H]21. The maximum atomic E-state index is 12.1. The van der Waals surface area contributed by atoms with E-state index in [9.17, 15) is 14.7 Å². The van der Waals surface area contributed by atoms with Crippen LogP contribution in [0.25, 0.3) is 0 Å². The Morgan fingerprint density at radius 1 is 1.37 bits per heavy atom. The number of halogens is 1. The van der Waals surface area contributed by atoms with Crippen molar-refractivity contribution in [1.82, 2.24) is 0 Å². The molecule has 0 saturated heterocycles. The lowest BCUT2D eigenvalue weighted by Crippen LogP contribution is -2.24. The number of hydrogen-bond donors (Lipinski definition) is 0. The Hall–Kier alpha value is -1.50. The van der Waals surface area contributed by atoms with E-state index in [1.54, 1.807) is 0 Å². The van der Waals surface area contributed by atoms with Crippen molar-refractivity contribution in [2.75, 3.05) is 14.2 Å². The van der Waals surface area contributed by atoms with Crippen molar-refractivity contribution in [3.63, 3.8) is 0 Å². The molecule has 0 bridgehead atoms. The van der Waals surface area contributed by atoms with Crippen LogP contribution in [0, 0.1) is 11.8 Å². The van der Waals surface area contributed by atoms with Gasteiger partial charge in [-0.2, -0.15) is 0 Å². The van der Waals surface area contributed by atoms with Crippen LogP contribution in [0.3, 0.4) is 0 Å². The van der Waals surface area contributed by atoms with E-state index in [1.165, 1.54) is 27.2 Å². The summed E-state index contributed by atoms with van der Waals surface area (Å²) < 4.78 is 13.5. The fraction of sp³-hybridized carbons (Fsp3) is 0.500. The highest BCUT2D eigenvalue weighted by Crippen LogP contribution is 2.65. The number of carbonyl (C=O) groups is 2. The van der Waals surface area contributed by atoms with Crippen LogP contribution in [0.2, 0.25) is 0 Å². The topological polar surface area (TPSA) is 84.9 Å². The maximum Gasteiger partial charge on any atom is 0.323 e. The third-order valence-electron chi connectivity index (χ3n) is 3.22. The van der Waals surface area contributed by atoms with Gasteiger partial charge in [0, 0.05) is 18.9 Å². The molecule has 2 rings (SSSR count). The molecule has 0 aromatic heterocycles. The first-order chi connectivity index (χ1) is 8.87. The summed E-state index contributed by atoms with van der Waals surface area (Å²) in [6.45, 7) is 1.20. The molecule has 0 amide bonds. The quantitative estimate of drug-likeness (QED) is 0.543. The van der Waals surface area contributed by atoms with Crippen LogP contribution >= 0.6 is 15.9 Å². The summed E-state index contributed by atoms with van der Waals surface area (Å²) in [6, 6.07) is 0. The molecular weight excluding hydrogens is 320 g/mol. The molecule has 0 aromatic rings. The summed E-state index contributed by atoms with van der Waals surface area (Å²) in [5, 5.41) is 12.1. The second-order valence-electron chi connectivity index (χ2n) is 4.29. The van der Waals surface area contributed by atoms with E-state index >= 15 is 0 Å². The van der Waals surface area contributed by atoms with E-state index in [0.717, 1.165) is 0 Å². The Labute approximate surface area is 118 Å². The van der Waals surface area contributed by atoms with Crippen molar-refractivity contribution in [3.05, 3.63) is 23.4 Å². The van der Waals surface area contributed by atoms with Crippen molar-refractivity contribution < 1.29 is 28.9 Å². The molecule has 1 fully saturated rings. The Bertz CT molecular complexity index is 508. The number of methoxy groups -OCH3 is 2. The second-order valence-corrected chi connectivity index (χ2v) is 5.60. The summed E-state index contributed by atoms with van der Waals surface area (Å²) in [5.41, 5.74) is 0. The number of hydrogen-bond acceptors (Lipinski definition) is 6. The molecule has 0 unspecified atom stereocenters. The van der Waals surface area contributed by atoms with Gasteiger partial charge in [0.15, 0.2) is 0 Å². The molecule has 3 atom stereocenters. The molecule has 0 radical (unpaired) electrons. The minimum atomic E-state index is -1.14. The molecule has 0 heterocycles. The molecule has 7 heteroatoms. The fourth-order valence-corrected chi connectivity index (χ4v) is 3.34. The average molecular weight is 332 g/mol. The molecule has 2 aliphatic rings. The van der Waals surface area contributed by atoms with Gasteiger partial charge in [0.25, 0.3) is 0 Å². The van der Waals surface area contributed by atoms with Crippen LogP contribution in [0.5, 0.6) is 0 Å². The molecule has 6 nitrogen and oxygen atoms in total. The number of rotatable bonds is 3. The van der Waals surface area contributed by atoms with Gasteiger partial charge >= 0.3 is 11.9 Å². The molecule has 1 saturated carbocycles. The van der Waals surface area contributed by atoms with E-state index in [4.69, 9.17) is 9.47 Å². The van der Waals surface area contributed by atoms with Gasteiger partial charge in [-0.3, -0.25) is 9.59 Å². The summed E-state index contributed by atoms with van der Waals surface area (Å²) >= 11 is 3.25. The van der Waals surface area contributed by atoms with Gasteiger partial charge in [-0.15, -0.1) is 0 Å². The van der Waals surface area contributed by atoms with Crippen molar-refractivity contribution >= 4 is 27.9 Å². The van der Waals surface area contributed by atoms with Crippen LogP contribution < -0.4 is 5.11 Å². The minimum Gasteiger partial charge on any atom is -0.873 e. The van der Waals surface area contributed by atoms with Crippen LogP contribution in [0.1, 0.15) is 6.92 Å². The highest BCUT2D eigenvalue weighted by atomic mass is 79.9. The van der Waals surface area contributed by atoms with Gasteiger partial charge in [0.05, 0.1) is 20.1 Å². The predicted octanol–water partition coefficient (Wildman–Crippen LogP) is 0.218. The van der Waals surface area contributed by atoms with Crippen molar-refractivity contribution in [2.45, 2.75) is 11.2 Å². The number of ether oxygens (including phenoxy) is 3. The highest BCUT2D eigenvalue weighted by Gasteiger charge is 2.72. The Morgan fingerprint density at radius 3 is 2.47 bits per heavy atom. The molecule has 2 aliphatic carbocycles. The minimum absolute atomic E-state index is 0.115. The van der Waals surface area contributed by atoms with Crippen LogP contribution in [0.4, 0.5) is 0 Å². The normalized spacial score (nSPS) is 32.1. The van der Waals surface area contributed by atoms with Gasteiger partial charge < -0.3 is 19.3 Å². The third kappa shape index (κ3) is 1.92. The Morgan fingerprint density at radius 2 is 2.00 bits per heavy atom. The van der Waals surface area contributed by atoms with E-state index in [0.29, 0.717) is 5.76 Å². The molecule has 0 spiro atoms. The standard InChI is InChI=1S/C12H13BrO6/c1-5(14)19-7-4-6(17-2)8-9(10(7)15)12(8,13)11(16)18-3/h4,8-9,15H,1-3H3/p-1/t8-,9-,12+/m1/s1. The lowest BCUT2D eigenvalue weighted by atomic mass is 10.1. The van der Waals surface area contributed by atoms with Gasteiger partial charge in [0.1, 0.15) is 15.8 Å². The fourth-order valence-electron chi connectivity index (χ4n) is 2.35. The van der Waals surface area contributed by atoms with E-state index in [1.807, 2.05) is 0 Å². The monoisotopic (exact) mass is 331 g/mol. The molecule has 0 aromatic carbocycles. The number of alkyl halides is 1.